The van der Waals surface area contributed by atoms with Crippen LogP contribution in [0.15, 0.2) is 0 Å². The fourth-order valence-corrected chi connectivity index (χ4v) is 1.62. The van der Waals surface area contributed by atoms with Crippen molar-refractivity contribution in [2.24, 2.45) is 0 Å². The van der Waals surface area contributed by atoms with Crippen LogP contribution in [0.1, 0.15) is 25.7 Å². The fourth-order valence-electron chi connectivity index (χ4n) is 1.62. The zero-order valence-electron chi connectivity index (χ0n) is 5.14. The van der Waals surface area contributed by atoms with Gasteiger partial charge in [0.2, 0.25) is 0 Å². The summed E-state index contributed by atoms with van der Waals surface area (Å²) in [5, 5.41) is 0. The molecule has 0 amide bonds. The Morgan fingerprint density at radius 2 is 2.38 bits per heavy atom. The van der Waals surface area contributed by atoms with Crippen LogP contribution >= 0.6 is 0 Å². The van der Waals surface area contributed by atoms with E-state index < -0.39 is 0 Å². The lowest BCUT2D eigenvalue weighted by atomic mass is 9.92. The standard InChI is InChI=1S/C7H12N/c1-2-5-8-6-4-7(8)3-1/h5,7H,1-4,6H2. The summed E-state index contributed by atoms with van der Waals surface area (Å²) >= 11 is 0. The van der Waals surface area contributed by atoms with Crippen molar-refractivity contribution < 1.29 is 0 Å². The normalized spacial score (nSPS) is 38.2. The van der Waals surface area contributed by atoms with Crippen molar-refractivity contribution in [1.82, 2.24) is 4.90 Å². The van der Waals surface area contributed by atoms with Crippen molar-refractivity contribution in [3.63, 3.8) is 0 Å². The highest BCUT2D eigenvalue weighted by molar-refractivity contribution is 4.91. The van der Waals surface area contributed by atoms with E-state index in [9.17, 15) is 0 Å². The summed E-state index contributed by atoms with van der Waals surface area (Å²) in [6, 6.07) is 0.962. The molecule has 2 aliphatic rings. The van der Waals surface area contributed by atoms with Crippen molar-refractivity contribution in [2.45, 2.75) is 31.7 Å². The van der Waals surface area contributed by atoms with Gasteiger partial charge in [-0.2, -0.15) is 0 Å². The van der Waals surface area contributed by atoms with E-state index >= 15 is 0 Å². The van der Waals surface area contributed by atoms with E-state index in [1.807, 2.05) is 0 Å². The van der Waals surface area contributed by atoms with E-state index in [4.69, 9.17) is 0 Å². The second-order valence-electron chi connectivity index (χ2n) is 2.79. The number of fused-ring (bicyclic) bond motifs is 1. The average molecular weight is 110 g/mol. The minimum absolute atomic E-state index is 0.962. The molecule has 0 N–H and O–H groups in total. The third-order valence-electron chi connectivity index (χ3n) is 2.29. The number of hydrogen-bond acceptors (Lipinski definition) is 1. The van der Waals surface area contributed by atoms with Gasteiger partial charge in [0, 0.05) is 19.1 Å². The summed E-state index contributed by atoms with van der Waals surface area (Å²) in [6.07, 6.45) is 5.67. The van der Waals surface area contributed by atoms with Gasteiger partial charge in [-0.3, -0.25) is 4.90 Å². The largest absolute Gasteiger partial charge is 0.296 e. The van der Waals surface area contributed by atoms with Crippen LogP contribution in [0.3, 0.4) is 0 Å². The monoisotopic (exact) mass is 110 g/mol. The van der Waals surface area contributed by atoms with Gasteiger partial charge in [0.05, 0.1) is 0 Å². The third-order valence-corrected chi connectivity index (χ3v) is 2.29. The number of nitrogens with zero attached hydrogens (tertiary/aromatic N) is 1. The molecule has 0 bridgehead atoms. The van der Waals surface area contributed by atoms with Gasteiger partial charge in [-0.15, -0.1) is 0 Å². The molecule has 0 aliphatic carbocycles. The van der Waals surface area contributed by atoms with Crippen LogP contribution in [-0.2, 0) is 0 Å². The molecule has 2 heterocycles. The van der Waals surface area contributed by atoms with Gasteiger partial charge in [-0.1, -0.05) is 6.42 Å². The van der Waals surface area contributed by atoms with Crippen LogP contribution in [0.5, 0.6) is 0 Å². The molecular formula is C7H12N. The lowest BCUT2D eigenvalue weighted by Gasteiger charge is -2.44. The van der Waals surface area contributed by atoms with Crippen LogP contribution in [0.4, 0.5) is 0 Å². The summed E-state index contributed by atoms with van der Waals surface area (Å²) in [5.41, 5.74) is 0. The molecule has 45 valence electrons. The molecule has 1 nitrogen and oxygen atoms in total. The average Bonchev–Trinajstić information content (AvgIpc) is 1.72. The molecule has 1 heteroatoms. The molecule has 2 saturated heterocycles. The quantitative estimate of drug-likeness (QED) is 0.455. The molecule has 0 spiro atoms. The Bertz CT molecular complexity index is 78.4. The molecule has 1 radical (unpaired) electrons. The van der Waals surface area contributed by atoms with Crippen LogP contribution in [0.2, 0.25) is 0 Å². The first-order chi connectivity index (χ1) is 3.97. The Labute approximate surface area is 50.7 Å². The maximum Gasteiger partial charge on any atom is 0.0254 e. The summed E-state index contributed by atoms with van der Waals surface area (Å²) in [7, 11) is 0. The summed E-state index contributed by atoms with van der Waals surface area (Å²) in [6.45, 7) is 3.71. The highest BCUT2D eigenvalue weighted by Gasteiger charge is 2.29. The van der Waals surface area contributed by atoms with Crippen molar-refractivity contribution in [2.75, 3.05) is 6.54 Å². The van der Waals surface area contributed by atoms with Crippen LogP contribution in [0.25, 0.3) is 0 Å². The van der Waals surface area contributed by atoms with Gasteiger partial charge in [0.1, 0.15) is 0 Å². The minimum Gasteiger partial charge on any atom is -0.296 e. The van der Waals surface area contributed by atoms with Crippen molar-refractivity contribution in [3.8, 4) is 0 Å². The molecule has 2 fully saturated rings. The Hall–Kier alpha value is -0.0400. The van der Waals surface area contributed by atoms with E-state index in [-0.39, 0.29) is 0 Å². The first kappa shape index (κ1) is 4.80. The number of hydrogen-bond donors (Lipinski definition) is 0. The highest BCUT2D eigenvalue weighted by atomic mass is 15.2. The Morgan fingerprint density at radius 3 is 2.75 bits per heavy atom. The first-order valence-electron chi connectivity index (χ1n) is 3.56. The molecular weight excluding hydrogens is 98.1 g/mol. The fraction of sp³-hybridized carbons (Fsp3) is 0.857. The van der Waals surface area contributed by atoms with Crippen LogP contribution < -0.4 is 0 Å². The molecule has 2 rings (SSSR count). The summed E-state index contributed by atoms with van der Waals surface area (Å²) in [5.74, 6) is 0. The molecule has 0 aromatic carbocycles. The predicted molar refractivity (Wildman–Crippen MR) is 33.3 cm³/mol. The zero-order valence-corrected chi connectivity index (χ0v) is 5.14. The molecule has 1 atom stereocenters. The van der Waals surface area contributed by atoms with E-state index in [0.717, 1.165) is 6.04 Å². The van der Waals surface area contributed by atoms with E-state index in [1.54, 1.807) is 0 Å². The Balaban J connectivity index is 1.92. The van der Waals surface area contributed by atoms with Crippen LogP contribution in [0, 0.1) is 6.54 Å². The van der Waals surface area contributed by atoms with E-state index in [2.05, 4.69) is 11.4 Å². The second kappa shape index (κ2) is 1.73. The Morgan fingerprint density at radius 1 is 1.38 bits per heavy atom. The lowest BCUT2D eigenvalue weighted by molar-refractivity contribution is 0.0908. The molecule has 8 heavy (non-hydrogen) atoms. The minimum atomic E-state index is 0.962. The van der Waals surface area contributed by atoms with Gasteiger partial charge >= 0.3 is 0 Å². The third kappa shape index (κ3) is 0.576. The summed E-state index contributed by atoms with van der Waals surface area (Å²) < 4.78 is 0. The van der Waals surface area contributed by atoms with Crippen molar-refractivity contribution in [3.05, 3.63) is 6.54 Å². The topological polar surface area (TPSA) is 3.24 Å². The molecule has 1 unspecified atom stereocenters. The number of rotatable bonds is 0. The number of piperidine rings is 1. The van der Waals surface area contributed by atoms with Crippen molar-refractivity contribution in [1.29, 1.82) is 0 Å². The molecule has 2 aliphatic heterocycles. The zero-order chi connectivity index (χ0) is 5.40. The van der Waals surface area contributed by atoms with E-state index in [1.165, 1.54) is 32.2 Å². The Kier molecular flexibility index (Phi) is 1.04. The first-order valence-corrected chi connectivity index (χ1v) is 3.56. The maximum atomic E-state index is 2.49. The van der Waals surface area contributed by atoms with Crippen molar-refractivity contribution >= 4 is 0 Å². The maximum absolute atomic E-state index is 2.49. The molecule has 0 saturated carbocycles. The second-order valence-corrected chi connectivity index (χ2v) is 2.79. The predicted octanol–water partition coefficient (Wildman–Crippen LogP) is 1.41. The van der Waals surface area contributed by atoms with Gasteiger partial charge in [0.25, 0.3) is 0 Å². The van der Waals surface area contributed by atoms with Gasteiger partial charge in [-0.25, -0.2) is 0 Å². The summed E-state index contributed by atoms with van der Waals surface area (Å²) in [4.78, 5) is 2.49. The molecule has 0 aromatic rings. The van der Waals surface area contributed by atoms with Gasteiger partial charge in [-0.05, 0) is 19.3 Å². The molecule has 0 aromatic heterocycles. The van der Waals surface area contributed by atoms with E-state index in [0.29, 0.717) is 0 Å². The van der Waals surface area contributed by atoms with Gasteiger partial charge in [0.15, 0.2) is 0 Å². The van der Waals surface area contributed by atoms with Gasteiger partial charge < -0.3 is 0 Å². The lowest BCUT2D eigenvalue weighted by Crippen LogP contribution is -2.47. The SMILES string of the molecule is [CH]1CCCC2CCN12. The highest BCUT2D eigenvalue weighted by Crippen LogP contribution is 2.29. The smallest absolute Gasteiger partial charge is 0.0254 e. The van der Waals surface area contributed by atoms with Crippen LogP contribution in [-0.4, -0.2) is 17.5 Å².